The molecule has 0 bridgehead atoms. The average molecular weight is 656 g/mol. The van der Waals surface area contributed by atoms with E-state index in [0.717, 1.165) is 12.8 Å². The minimum Gasteiger partial charge on any atom is -0.465 e. The first-order chi connectivity index (χ1) is 19.2. The fourth-order valence-corrected chi connectivity index (χ4v) is 8.03. The molecule has 13 heteroatoms. The first kappa shape index (κ1) is 40.3. The Hall–Kier alpha value is 0.310. The fraction of sp³-hybridized carbons (Fsp3) is 0.963. The van der Waals surface area contributed by atoms with Crippen molar-refractivity contribution >= 4 is 43.9 Å². The molecule has 0 saturated carbocycles. The van der Waals surface area contributed by atoms with E-state index in [1.807, 2.05) is 0 Å². The lowest BCUT2D eigenvalue weighted by Crippen LogP contribution is -2.16. The molecule has 0 aromatic heterocycles. The molecule has 0 radical (unpaired) electrons. The number of unbranched alkanes of at least 4 members (excludes halogenated alkanes) is 12. The normalized spacial score (nSPS) is 25.6. The maximum absolute atomic E-state index is 11.8. The van der Waals surface area contributed by atoms with Crippen LogP contribution in [0.5, 0.6) is 0 Å². The van der Waals surface area contributed by atoms with Gasteiger partial charge in [0.1, 0.15) is 12.7 Å². The molecule has 2 fully saturated rings. The Morgan fingerprint density at radius 3 is 1.52 bits per heavy atom. The number of carbonyl (C=O) groups is 1. The van der Waals surface area contributed by atoms with E-state index in [0.29, 0.717) is 32.0 Å². The van der Waals surface area contributed by atoms with Crippen molar-refractivity contribution in [2.24, 2.45) is 11.8 Å². The van der Waals surface area contributed by atoms with Crippen LogP contribution in [-0.4, -0.2) is 78.1 Å². The number of aliphatic hydroxyl groups excluding tert-OH is 3. The molecular weight excluding hydrogens is 601 g/mol. The topological polar surface area (TPSA) is 140 Å². The van der Waals surface area contributed by atoms with Gasteiger partial charge in [-0.25, -0.2) is 0 Å². The smallest absolute Gasteiger partial charge is 0.305 e. The van der Waals surface area contributed by atoms with Crippen molar-refractivity contribution in [2.45, 2.75) is 96.8 Å². The number of carbonyl (C=O) groups excluding carboxylic acids is 1. The van der Waals surface area contributed by atoms with Gasteiger partial charge in [0, 0.05) is 37.2 Å². The van der Waals surface area contributed by atoms with E-state index >= 15 is 0 Å². The van der Waals surface area contributed by atoms with Gasteiger partial charge in [-0.05, 0) is 6.42 Å². The number of ether oxygens (including phenoxy) is 1. The molecule has 3 N–H and O–H groups in total. The highest BCUT2D eigenvalue weighted by atomic mass is 35.5. The van der Waals surface area contributed by atoms with Crippen LogP contribution in [0.3, 0.4) is 0 Å². The maximum Gasteiger partial charge on any atom is 0.305 e. The van der Waals surface area contributed by atoms with Crippen LogP contribution in [0.25, 0.3) is 0 Å². The lowest BCUT2D eigenvalue weighted by molar-refractivity contribution is -0.145. The average Bonchev–Trinajstić information content (AvgIpc) is 3.54. The molecule has 2 saturated heterocycles. The quantitative estimate of drug-likeness (QED) is 0.0572. The molecule has 2 aliphatic heterocycles. The van der Waals surface area contributed by atoms with Crippen molar-refractivity contribution in [3.05, 3.63) is 0 Å². The van der Waals surface area contributed by atoms with Crippen LogP contribution < -0.4 is 0 Å². The van der Waals surface area contributed by atoms with Gasteiger partial charge in [0.15, 0.2) is 0 Å². The van der Waals surface area contributed by atoms with Crippen molar-refractivity contribution in [3.8, 4) is 0 Å². The second-order valence-corrected chi connectivity index (χ2v) is 16.4. The van der Waals surface area contributed by atoms with Gasteiger partial charge in [-0.2, -0.15) is 0 Å². The molecule has 240 valence electrons. The Morgan fingerprint density at radius 2 is 1.15 bits per heavy atom. The van der Waals surface area contributed by atoms with Gasteiger partial charge >= 0.3 is 5.97 Å². The summed E-state index contributed by atoms with van der Waals surface area (Å²) in [7, 11) is -5.58. The van der Waals surface area contributed by atoms with Crippen LogP contribution in [0, 0.1) is 11.8 Å². The summed E-state index contributed by atoms with van der Waals surface area (Å²) in [5.74, 6) is -0.264. The first-order valence-electron chi connectivity index (χ1n) is 14.8. The minimum atomic E-state index is -2.85. The lowest BCUT2D eigenvalue weighted by atomic mass is 10.0. The van der Waals surface area contributed by atoms with Gasteiger partial charge < -0.3 is 29.1 Å². The predicted octanol–water partition coefficient (Wildman–Crippen LogP) is 7.16. The summed E-state index contributed by atoms with van der Waals surface area (Å²) >= 11 is 9.53. The van der Waals surface area contributed by atoms with E-state index in [1.165, 1.54) is 70.6 Å². The molecule has 0 aromatic rings. The van der Waals surface area contributed by atoms with Crippen LogP contribution in [0.2, 0.25) is 0 Å². The van der Waals surface area contributed by atoms with E-state index in [2.05, 4.69) is 6.92 Å². The molecule has 0 spiro atoms. The fourth-order valence-electron chi connectivity index (χ4n) is 4.46. The van der Waals surface area contributed by atoms with Gasteiger partial charge in [-0.1, -0.05) is 84.0 Å². The van der Waals surface area contributed by atoms with Gasteiger partial charge in [0.25, 0.3) is 0 Å². The summed E-state index contributed by atoms with van der Waals surface area (Å²) in [4.78, 5) is 11.8. The summed E-state index contributed by atoms with van der Waals surface area (Å²) in [6, 6.07) is 0. The van der Waals surface area contributed by atoms with E-state index in [-0.39, 0.29) is 36.4 Å². The molecule has 40 heavy (non-hydrogen) atoms. The number of esters is 1. The molecule has 2 rings (SSSR count). The van der Waals surface area contributed by atoms with Crippen molar-refractivity contribution in [2.75, 3.05) is 56.8 Å². The number of alkyl halides is 2. The lowest BCUT2D eigenvalue weighted by Gasteiger charge is -2.09. The summed E-state index contributed by atoms with van der Waals surface area (Å²) in [6.07, 6.45) is 17.0. The van der Waals surface area contributed by atoms with Crippen LogP contribution >= 0.6 is 37.9 Å². The summed E-state index contributed by atoms with van der Waals surface area (Å²) in [6.45, 7) is 3.12. The molecule has 4 unspecified atom stereocenters. The van der Waals surface area contributed by atoms with Crippen molar-refractivity contribution in [3.63, 3.8) is 0 Å². The maximum atomic E-state index is 11.8. The van der Waals surface area contributed by atoms with Crippen LogP contribution in [-0.2, 0) is 27.7 Å². The first-order valence-corrected chi connectivity index (χ1v) is 19.8. The highest BCUT2D eigenvalue weighted by molar-refractivity contribution is 7.59. The van der Waals surface area contributed by atoms with E-state index in [4.69, 9.17) is 52.3 Å². The van der Waals surface area contributed by atoms with Gasteiger partial charge in [-0.3, -0.25) is 13.9 Å². The minimum absolute atomic E-state index is 0.00993. The monoisotopic (exact) mass is 654 g/mol. The molecule has 0 amide bonds. The zero-order valence-corrected chi connectivity index (χ0v) is 27.7. The Kier molecular flexibility index (Phi) is 26.0. The number of aliphatic hydroxyl groups is 3. The number of hydrogen-bond acceptors (Lipinski definition) is 9. The van der Waals surface area contributed by atoms with Crippen molar-refractivity contribution in [1.29, 1.82) is 0 Å². The molecule has 2 aliphatic rings. The van der Waals surface area contributed by atoms with E-state index < -0.39 is 27.4 Å². The largest absolute Gasteiger partial charge is 0.465 e. The number of halogens is 2. The van der Waals surface area contributed by atoms with Crippen LogP contribution in [0.1, 0.15) is 96.8 Å². The third-order valence-electron chi connectivity index (χ3n) is 6.82. The number of rotatable bonds is 19. The van der Waals surface area contributed by atoms with Crippen LogP contribution in [0.4, 0.5) is 0 Å². The zero-order valence-electron chi connectivity index (χ0n) is 24.4. The molecule has 2 heterocycles. The van der Waals surface area contributed by atoms with Gasteiger partial charge in [0.2, 0.25) is 14.7 Å². The van der Waals surface area contributed by atoms with Crippen LogP contribution in [0.15, 0.2) is 0 Å². The van der Waals surface area contributed by atoms with Crippen molar-refractivity contribution < 1.29 is 43.0 Å². The van der Waals surface area contributed by atoms with Crippen molar-refractivity contribution in [1.82, 2.24) is 0 Å². The summed E-state index contributed by atoms with van der Waals surface area (Å²) < 4.78 is 38.2. The standard InChI is InChI=1S/C21H41O5P.C5H11O4P.CH2Cl2/c1-2-3-4-5-6-7-8-9-10-11-12-13-14-15-21(23)25-16-20-17-26-27(24,18-20)19-22;6-1-5-2-9-10(8,3-5)4-7;2-1-3/h20,22H,2-19H2,1H3;5-7H,1-4H2;1H2. The molecule has 0 aromatic carbocycles. The molecular formula is C27H54Cl2O9P2. The Morgan fingerprint density at radius 1 is 0.750 bits per heavy atom. The van der Waals surface area contributed by atoms with Gasteiger partial charge in [-0.15, -0.1) is 23.2 Å². The molecule has 9 nitrogen and oxygen atoms in total. The second-order valence-electron chi connectivity index (χ2n) is 10.6. The highest BCUT2D eigenvalue weighted by Crippen LogP contribution is 2.53. The van der Waals surface area contributed by atoms with E-state index in [9.17, 15) is 13.9 Å². The Bertz CT molecular complexity index is 715. The Labute approximate surface area is 251 Å². The van der Waals surface area contributed by atoms with Gasteiger partial charge in [0.05, 0.1) is 25.2 Å². The Balaban J connectivity index is 0.000000961. The third kappa shape index (κ3) is 21.1. The predicted molar refractivity (Wildman–Crippen MR) is 163 cm³/mol. The molecule has 4 atom stereocenters. The van der Waals surface area contributed by atoms with E-state index in [1.54, 1.807) is 0 Å². The summed E-state index contributed by atoms with van der Waals surface area (Å²) in [5.41, 5.74) is 0. The summed E-state index contributed by atoms with van der Waals surface area (Å²) in [5, 5.41) is 26.4. The number of hydrogen-bond donors (Lipinski definition) is 3. The SMILES string of the molecule is CCCCCCCCCCCCCCCC(=O)OCC1COP(=O)(CO)C1.ClCCl.O=P1(CO)CC(CO)CO1. The second kappa shape index (κ2) is 25.8. The molecule has 0 aliphatic carbocycles. The highest BCUT2D eigenvalue weighted by Gasteiger charge is 2.35. The third-order valence-corrected chi connectivity index (χ3v) is 11.1. The zero-order chi connectivity index (χ0) is 30.1.